The van der Waals surface area contributed by atoms with E-state index in [0.717, 1.165) is 34.7 Å². The Labute approximate surface area is 167 Å². The Morgan fingerprint density at radius 2 is 1.96 bits per heavy atom. The lowest BCUT2D eigenvalue weighted by Gasteiger charge is -2.12. The summed E-state index contributed by atoms with van der Waals surface area (Å²) in [4.78, 5) is 27.9. The Hall–Kier alpha value is -2.87. The topological polar surface area (TPSA) is 90.1 Å². The molecule has 0 spiro atoms. The molecule has 0 fully saturated rings. The number of hydrogen-bond donors (Lipinski definition) is 1. The van der Waals surface area contributed by atoms with Crippen molar-refractivity contribution in [3.63, 3.8) is 0 Å². The van der Waals surface area contributed by atoms with Gasteiger partial charge in [0.15, 0.2) is 0 Å². The van der Waals surface area contributed by atoms with E-state index >= 15 is 0 Å². The van der Waals surface area contributed by atoms with Crippen LogP contribution in [0.5, 0.6) is 0 Å². The second kappa shape index (κ2) is 8.88. The van der Waals surface area contributed by atoms with Crippen molar-refractivity contribution in [3.05, 3.63) is 64.5 Å². The summed E-state index contributed by atoms with van der Waals surface area (Å²) in [7, 11) is 0. The zero-order chi connectivity index (χ0) is 20.1. The molecule has 8 heteroatoms. The summed E-state index contributed by atoms with van der Waals surface area (Å²) in [6.07, 6.45) is 0.807. The Morgan fingerprint density at radius 3 is 2.68 bits per heavy atom. The maximum atomic E-state index is 12.3. The first kappa shape index (κ1) is 19.9. The summed E-state index contributed by atoms with van der Waals surface area (Å²) in [6, 6.07) is 14.3. The van der Waals surface area contributed by atoms with Gasteiger partial charge in [0.1, 0.15) is 5.82 Å². The minimum Gasteiger partial charge on any atom is -0.355 e. The van der Waals surface area contributed by atoms with Crippen LogP contribution in [-0.4, -0.2) is 32.2 Å². The number of amides is 1. The molecule has 1 atom stereocenters. The maximum absolute atomic E-state index is 12.3. The van der Waals surface area contributed by atoms with Crippen molar-refractivity contribution in [1.29, 1.82) is 0 Å². The minimum absolute atomic E-state index is 0.0452. The van der Waals surface area contributed by atoms with Crippen molar-refractivity contribution >= 4 is 34.4 Å². The third-order valence-corrected chi connectivity index (χ3v) is 5.54. The number of rotatable bonds is 8. The van der Waals surface area contributed by atoms with Crippen molar-refractivity contribution < 1.29 is 9.72 Å². The van der Waals surface area contributed by atoms with Gasteiger partial charge >= 0.3 is 0 Å². The first-order valence-electron chi connectivity index (χ1n) is 9.06. The smallest absolute Gasteiger partial charge is 0.269 e. The predicted molar refractivity (Wildman–Crippen MR) is 111 cm³/mol. The van der Waals surface area contributed by atoms with E-state index in [0.29, 0.717) is 6.54 Å². The van der Waals surface area contributed by atoms with E-state index in [1.165, 1.54) is 23.9 Å². The molecule has 7 nitrogen and oxygen atoms in total. The van der Waals surface area contributed by atoms with Crippen LogP contribution in [0.2, 0.25) is 0 Å². The lowest BCUT2D eigenvalue weighted by molar-refractivity contribution is -0.384. The van der Waals surface area contributed by atoms with E-state index in [1.54, 1.807) is 12.1 Å². The molecule has 146 valence electrons. The molecule has 0 aliphatic carbocycles. The van der Waals surface area contributed by atoms with Gasteiger partial charge in [-0.25, -0.2) is 4.98 Å². The van der Waals surface area contributed by atoms with Gasteiger partial charge in [-0.3, -0.25) is 14.9 Å². The molecule has 1 amide bonds. The minimum atomic E-state index is -0.435. The molecule has 1 unspecified atom stereocenters. The second-order valence-electron chi connectivity index (χ2n) is 6.46. The largest absolute Gasteiger partial charge is 0.355 e. The second-order valence-corrected chi connectivity index (χ2v) is 7.87. The van der Waals surface area contributed by atoms with Gasteiger partial charge in [0.2, 0.25) is 5.91 Å². The van der Waals surface area contributed by atoms with Gasteiger partial charge in [0.05, 0.1) is 21.2 Å². The van der Waals surface area contributed by atoms with E-state index in [-0.39, 0.29) is 16.8 Å². The van der Waals surface area contributed by atoms with Crippen LogP contribution in [-0.2, 0) is 11.3 Å². The van der Waals surface area contributed by atoms with Crippen LogP contribution in [0.25, 0.3) is 11.0 Å². The summed E-state index contributed by atoms with van der Waals surface area (Å²) < 4.78 is 2.16. The van der Waals surface area contributed by atoms with Crippen molar-refractivity contribution in [3.8, 4) is 0 Å². The first-order valence-corrected chi connectivity index (χ1v) is 9.94. The fourth-order valence-corrected chi connectivity index (χ4v) is 3.87. The molecule has 1 aromatic heterocycles. The molecule has 3 aromatic rings. The van der Waals surface area contributed by atoms with E-state index in [9.17, 15) is 14.9 Å². The molecular formula is C20H22N4O3S. The predicted octanol–water partition coefficient (Wildman–Crippen LogP) is 3.94. The molecule has 1 N–H and O–H groups in total. The molecule has 1 heterocycles. The van der Waals surface area contributed by atoms with Gasteiger partial charge in [-0.1, -0.05) is 12.1 Å². The fraction of sp³-hybridized carbons (Fsp3) is 0.300. The van der Waals surface area contributed by atoms with Crippen molar-refractivity contribution in [2.45, 2.75) is 37.0 Å². The number of aryl methyl sites for hydroxylation is 2. The summed E-state index contributed by atoms with van der Waals surface area (Å²) >= 11 is 1.38. The van der Waals surface area contributed by atoms with Gasteiger partial charge in [-0.2, -0.15) is 0 Å². The monoisotopic (exact) mass is 398 g/mol. The standard InChI is InChI=1S/C20H22N4O3S/c1-14(28-17-10-8-16(9-11-17)24(26)27)20(25)21-12-5-13-23-15(2)22-18-6-3-4-7-19(18)23/h3-4,6-11,14H,5,12-13H2,1-2H3,(H,21,25). The van der Waals surface area contributed by atoms with Crippen LogP contribution in [0.15, 0.2) is 53.4 Å². The molecule has 3 rings (SSSR count). The molecule has 2 aromatic carbocycles. The highest BCUT2D eigenvalue weighted by Crippen LogP contribution is 2.25. The van der Waals surface area contributed by atoms with Crippen LogP contribution in [0.4, 0.5) is 5.69 Å². The number of nitrogens with zero attached hydrogens (tertiary/aromatic N) is 3. The number of imidazole rings is 1. The van der Waals surface area contributed by atoms with Gasteiger partial charge < -0.3 is 9.88 Å². The van der Waals surface area contributed by atoms with Crippen LogP contribution >= 0.6 is 11.8 Å². The van der Waals surface area contributed by atoms with Crippen molar-refractivity contribution in [1.82, 2.24) is 14.9 Å². The van der Waals surface area contributed by atoms with Crippen LogP contribution < -0.4 is 5.32 Å². The number of benzene rings is 2. The summed E-state index contributed by atoms with van der Waals surface area (Å²) in [5.41, 5.74) is 2.13. The van der Waals surface area contributed by atoms with Crippen LogP contribution in [0, 0.1) is 17.0 Å². The number of hydrogen-bond acceptors (Lipinski definition) is 5. The highest BCUT2D eigenvalue weighted by Gasteiger charge is 2.15. The Morgan fingerprint density at radius 1 is 1.25 bits per heavy atom. The summed E-state index contributed by atoms with van der Waals surface area (Å²) in [5, 5.41) is 13.4. The zero-order valence-corrected chi connectivity index (χ0v) is 16.6. The van der Waals surface area contributed by atoms with Gasteiger partial charge in [0.25, 0.3) is 5.69 Å². The number of fused-ring (bicyclic) bond motifs is 1. The number of para-hydroxylation sites is 2. The SMILES string of the molecule is Cc1nc2ccccc2n1CCCNC(=O)C(C)Sc1ccc([N+](=O)[O-])cc1. The third kappa shape index (κ3) is 4.69. The Balaban J connectivity index is 1.47. The molecule has 0 saturated heterocycles. The quantitative estimate of drug-likeness (QED) is 0.269. The van der Waals surface area contributed by atoms with E-state index in [4.69, 9.17) is 0 Å². The molecule has 0 bridgehead atoms. The zero-order valence-electron chi connectivity index (χ0n) is 15.8. The fourth-order valence-electron chi connectivity index (χ4n) is 2.97. The first-order chi connectivity index (χ1) is 13.5. The average molecular weight is 398 g/mol. The molecule has 0 saturated carbocycles. The molecular weight excluding hydrogens is 376 g/mol. The van der Waals surface area contributed by atoms with E-state index in [2.05, 4.69) is 20.9 Å². The number of carbonyl (C=O) groups is 1. The number of thioether (sulfide) groups is 1. The molecule has 0 aliphatic rings. The van der Waals surface area contributed by atoms with Crippen LogP contribution in [0.3, 0.4) is 0 Å². The number of nitro benzene ring substituents is 1. The molecule has 0 radical (unpaired) electrons. The third-order valence-electron chi connectivity index (χ3n) is 4.43. The number of nitrogens with one attached hydrogen (secondary N) is 1. The normalized spacial score (nSPS) is 12.1. The number of non-ortho nitro benzene ring substituents is 1. The van der Waals surface area contributed by atoms with Crippen molar-refractivity contribution in [2.24, 2.45) is 0 Å². The Kier molecular flexibility index (Phi) is 6.30. The number of aromatic nitrogens is 2. The van der Waals surface area contributed by atoms with Gasteiger partial charge in [-0.15, -0.1) is 11.8 Å². The number of nitro groups is 1. The van der Waals surface area contributed by atoms with Gasteiger partial charge in [0, 0.05) is 30.1 Å². The lowest BCUT2D eigenvalue weighted by Crippen LogP contribution is -2.32. The van der Waals surface area contributed by atoms with E-state index in [1.807, 2.05) is 32.0 Å². The molecule has 28 heavy (non-hydrogen) atoms. The van der Waals surface area contributed by atoms with Crippen molar-refractivity contribution in [2.75, 3.05) is 6.54 Å². The van der Waals surface area contributed by atoms with Gasteiger partial charge in [-0.05, 0) is 44.5 Å². The van der Waals surface area contributed by atoms with Crippen LogP contribution in [0.1, 0.15) is 19.2 Å². The Bertz CT molecular complexity index is 985. The van der Waals surface area contributed by atoms with E-state index < -0.39 is 4.92 Å². The maximum Gasteiger partial charge on any atom is 0.269 e. The number of carbonyl (C=O) groups excluding carboxylic acids is 1. The highest BCUT2D eigenvalue weighted by molar-refractivity contribution is 8.00. The average Bonchev–Trinajstić information content (AvgIpc) is 3.00. The highest BCUT2D eigenvalue weighted by atomic mass is 32.2. The summed E-state index contributed by atoms with van der Waals surface area (Å²) in [5.74, 6) is 0.921. The lowest BCUT2D eigenvalue weighted by atomic mass is 10.3. The summed E-state index contributed by atoms with van der Waals surface area (Å²) in [6.45, 7) is 5.18. The molecule has 0 aliphatic heterocycles.